The summed E-state index contributed by atoms with van der Waals surface area (Å²) in [5.74, 6) is -0.821. The number of hydrogen-bond donors (Lipinski definition) is 0. The topological polar surface area (TPSA) is 78.9 Å². The Labute approximate surface area is 495 Å². The highest BCUT2D eigenvalue weighted by molar-refractivity contribution is 5.71. The summed E-state index contributed by atoms with van der Waals surface area (Å²) < 4.78 is 17.0. The summed E-state index contributed by atoms with van der Waals surface area (Å²) in [6, 6.07) is 0. The van der Waals surface area contributed by atoms with Crippen LogP contribution in [0.5, 0.6) is 0 Å². The van der Waals surface area contributed by atoms with Crippen LogP contribution in [-0.2, 0) is 28.6 Å². The monoisotopic (exact) mass is 1120 g/mol. The first-order valence-corrected chi connectivity index (χ1v) is 36.5. The van der Waals surface area contributed by atoms with Crippen LogP contribution in [-0.4, -0.2) is 37.2 Å². The molecule has 0 fully saturated rings. The molecule has 0 spiro atoms. The van der Waals surface area contributed by atoms with E-state index in [0.717, 1.165) is 57.8 Å². The zero-order chi connectivity index (χ0) is 57.1. The zero-order valence-electron chi connectivity index (χ0n) is 54.2. The maximum Gasteiger partial charge on any atom is 0.306 e. The third kappa shape index (κ3) is 67.1. The molecule has 0 saturated carbocycles. The van der Waals surface area contributed by atoms with Crippen molar-refractivity contribution in [3.8, 4) is 0 Å². The van der Waals surface area contributed by atoms with E-state index in [1.54, 1.807) is 0 Å². The van der Waals surface area contributed by atoms with Gasteiger partial charge in [-0.1, -0.05) is 393 Å². The molecule has 0 bridgehead atoms. The van der Waals surface area contributed by atoms with Crippen LogP contribution in [0.3, 0.4) is 0 Å². The van der Waals surface area contributed by atoms with Crippen LogP contribution < -0.4 is 0 Å². The molecule has 0 rings (SSSR count). The summed E-state index contributed by atoms with van der Waals surface area (Å²) in [6.07, 6.45) is 81.6. The molecule has 0 saturated heterocycles. The van der Waals surface area contributed by atoms with Crippen molar-refractivity contribution in [3.05, 3.63) is 0 Å². The van der Waals surface area contributed by atoms with Crippen LogP contribution in [0, 0.1) is 0 Å². The van der Waals surface area contributed by atoms with Crippen molar-refractivity contribution in [2.45, 2.75) is 438 Å². The number of unbranched alkanes of at least 4 members (excludes halogenated alkanes) is 58. The largest absolute Gasteiger partial charge is 0.462 e. The molecule has 1 atom stereocenters. The van der Waals surface area contributed by atoms with Crippen LogP contribution in [0.2, 0.25) is 0 Å². The smallest absolute Gasteiger partial charge is 0.306 e. The summed E-state index contributed by atoms with van der Waals surface area (Å²) >= 11 is 0. The minimum Gasteiger partial charge on any atom is -0.462 e. The van der Waals surface area contributed by atoms with Gasteiger partial charge in [0.25, 0.3) is 0 Å². The van der Waals surface area contributed by atoms with E-state index in [1.807, 2.05) is 0 Å². The van der Waals surface area contributed by atoms with Crippen molar-refractivity contribution in [1.82, 2.24) is 0 Å². The Hall–Kier alpha value is -1.59. The van der Waals surface area contributed by atoms with E-state index in [9.17, 15) is 14.4 Å². The third-order valence-corrected chi connectivity index (χ3v) is 17.1. The molecule has 0 N–H and O–H groups in total. The molecule has 0 aromatic heterocycles. The minimum absolute atomic E-state index is 0.0603. The second-order valence-electron chi connectivity index (χ2n) is 25.2. The van der Waals surface area contributed by atoms with E-state index in [4.69, 9.17) is 14.2 Å². The quantitative estimate of drug-likeness (QED) is 0.0343. The molecule has 6 nitrogen and oxygen atoms in total. The minimum atomic E-state index is -0.763. The van der Waals surface area contributed by atoms with Gasteiger partial charge in [0.05, 0.1) is 0 Å². The molecule has 0 heterocycles. The van der Waals surface area contributed by atoms with Crippen molar-refractivity contribution in [2.24, 2.45) is 0 Å². The summed E-state index contributed by atoms with van der Waals surface area (Å²) in [4.78, 5) is 38.4. The molecule has 0 amide bonds. The highest BCUT2D eigenvalue weighted by Gasteiger charge is 2.20. The van der Waals surface area contributed by atoms with Gasteiger partial charge in [0, 0.05) is 19.3 Å². The van der Waals surface area contributed by atoms with Crippen molar-refractivity contribution in [2.75, 3.05) is 13.2 Å². The van der Waals surface area contributed by atoms with Crippen LogP contribution in [0.15, 0.2) is 0 Å². The Morgan fingerprint density at radius 2 is 0.342 bits per heavy atom. The number of esters is 3. The van der Waals surface area contributed by atoms with Gasteiger partial charge in [0.1, 0.15) is 13.2 Å². The van der Waals surface area contributed by atoms with Crippen molar-refractivity contribution < 1.29 is 28.6 Å². The Morgan fingerprint density at radius 3 is 0.506 bits per heavy atom. The molecule has 0 aliphatic rings. The average Bonchev–Trinajstić information content (AvgIpc) is 3.45. The second-order valence-corrected chi connectivity index (χ2v) is 25.2. The first kappa shape index (κ1) is 77.4. The predicted molar refractivity (Wildman–Crippen MR) is 344 cm³/mol. The number of hydrogen-bond acceptors (Lipinski definition) is 6. The van der Waals surface area contributed by atoms with Gasteiger partial charge in [-0.3, -0.25) is 14.4 Å². The van der Waals surface area contributed by atoms with Crippen molar-refractivity contribution >= 4 is 17.9 Å². The lowest BCUT2D eigenvalue weighted by molar-refractivity contribution is -0.167. The predicted octanol–water partition coefficient (Wildman–Crippen LogP) is 25.0. The lowest BCUT2D eigenvalue weighted by Gasteiger charge is -2.18. The first-order valence-electron chi connectivity index (χ1n) is 36.5. The molecular weight excluding hydrogens is 973 g/mol. The molecule has 0 aliphatic heterocycles. The van der Waals surface area contributed by atoms with Crippen LogP contribution in [0.1, 0.15) is 432 Å². The Bertz CT molecular complexity index is 1190. The molecule has 79 heavy (non-hydrogen) atoms. The lowest BCUT2D eigenvalue weighted by atomic mass is 10.0. The molecule has 1 unspecified atom stereocenters. The highest BCUT2D eigenvalue weighted by Crippen LogP contribution is 2.20. The van der Waals surface area contributed by atoms with Gasteiger partial charge in [-0.25, -0.2) is 0 Å². The highest BCUT2D eigenvalue weighted by atomic mass is 16.6. The first-order chi connectivity index (χ1) is 39.0. The molecule has 0 aliphatic carbocycles. The number of ether oxygens (including phenoxy) is 3. The van der Waals surface area contributed by atoms with E-state index < -0.39 is 6.10 Å². The summed E-state index contributed by atoms with van der Waals surface area (Å²) in [7, 11) is 0. The molecular formula is C73H142O6. The normalized spacial score (nSPS) is 11.9. The SMILES string of the molecule is CCCCCCCCCCCCCCCCCCCCCCCCCCCCCCCCCCC(=O)OCC(COC(=O)CCCCCCCCCCCCCCCC)OC(=O)CCCCCCCCCCCCCCCCC. The Morgan fingerprint density at radius 1 is 0.203 bits per heavy atom. The fourth-order valence-corrected chi connectivity index (χ4v) is 11.6. The van der Waals surface area contributed by atoms with Gasteiger partial charge in [-0.05, 0) is 19.3 Å². The van der Waals surface area contributed by atoms with Gasteiger partial charge in [0.2, 0.25) is 0 Å². The van der Waals surface area contributed by atoms with Crippen LogP contribution in [0.25, 0.3) is 0 Å². The van der Waals surface area contributed by atoms with E-state index in [1.165, 1.54) is 334 Å². The zero-order valence-corrected chi connectivity index (χ0v) is 54.2. The Balaban J connectivity index is 4.06. The van der Waals surface area contributed by atoms with Gasteiger partial charge in [-0.15, -0.1) is 0 Å². The van der Waals surface area contributed by atoms with E-state index in [-0.39, 0.29) is 31.1 Å². The molecule has 0 radical (unpaired) electrons. The van der Waals surface area contributed by atoms with E-state index >= 15 is 0 Å². The van der Waals surface area contributed by atoms with Crippen molar-refractivity contribution in [3.63, 3.8) is 0 Å². The maximum absolute atomic E-state index is 12.9. The molecule has 6 heteroatoms. The summed E-state index contributed by atoms with van der Waals surface area (Å²) in [5.41, 5.74) is 0. The molecule has 0 aromatic rings. The third-order valence-electron chi connectivity index (χ3n) is 17.1. The van der Waals surface area contributed by atoms with Gasteiger partial charge < -0.3 is 14.2 Å². The number of carbonyl (C=O) groups excluding carboxylic acids is 3. The number of carbonyl (C=O) groups is 3. The van der Waals surface area contributed by atoms with Crippen LogP contribution >= 0.6 is 0 Å². The number of rotatable bonds is 69. The van der Waals surface area contributed by atoms with E-state index in [2.05, 4.69) is 20.8 Å². The lowest BCUT2D eigenvalue weighted by Crippen LogP contribution is -2.30. The summed E-state index contributed by atoms with van der Waals surface area (Å²) in [6.45, 7) is 6.74. The maximum atomic E-state index is 12.9. The Kier molecular flexibility index (Phi) is 67.5. The standard InChI is InChI=1S/C73H142O6/c1-4-7-10-13-16-19-22-25-28-29-30-31-32-33-34-35-36-37-38-39-40-41-42-43-44-46-48-51-54-57-60-63-66-72(75)78-69-70(68-77-71(74)65-62-59-56-53-50-47-27-24-21-18-15-12-9-6-3)79-73(76)67-64-61-58-55-52-49-45-26-23-20-17-14-11-8-5-2/h70H,4-69H2,1-3H3. The van der Waals surface area contributed by atoms with Gasteiger partial charge >= 0.3 is 17.9 Å². The van der Waals surface area contributed by atoms with Gasteiger partial charge in [-0.2, -0.15) is 0 Å². The fraction of sp³-hybridized carbons (Fsp3) is 0.959. The van der Waals surface area contributed by atoms with Crippen molar-refractivity contribution in [1.29, 1.82) is 0 Å². The van der Waals surface area contributed by atoms with Crippen LogP contribution in [0.4, 0.5) is 0 Å². The van der Waals surface area contributed by atoms with E-state index in [0.29, 0.717) is 19.3 Å². The fourth-order valence-electron chi connectivity index (χ4n) is 11.6. The summed E-state index contributed by atoms with van der Waals surface area (Å²) in [5, 5.41) is 0. The van der Waals surface area contributed by atoms with Gasteiger partial charge in [0.15, 0.2) is 6.10 Å². The molecule has 0 aromatic carbocycles. The average molecular weight is 1120 g/mol. The molecule has 470 valence electrons. The second kappa shape index (κ2) is 68.9.